The molecule has 130 valence electrons. The summed E-state index contributed by atoms with van der Waals surface area (Å²) in [5.74, 6) is 1.30. The smallest absolute Gasteiger partial charge is 0.240 e. The average Bonchev–Trinajstić information content (AvgIpc) is 2.97. The van der Waals surface area contributed by atoms with Gasteiger partial charge in [-0.3, -0.25) is 4.79 Å². The molecule has 2 aromatic carbocycles. The molecular formula is C20H23N3OS. The van der Waals surface area contributed by atoms with Crippen LogP contribution in [0.1, 0.15) is 19.4 Å². The van der Waals surface area contributed by atoms with E-state index in [2.05, 4.69) is 31.3 Å². The normalized spacial score (nSPS) is 11.2. The molecule has 4 nitrogen and oxygen atoms in total. The van der Waals surface area contributed by atoms with Gasteiger partial charge in [-0.15, -0.1) is 0 Å². The summed E-state index contributed by atoms with van der Waals surface area (Å²) in [6, 6.07) is 18.3. The van der Waals surface area contributed by atoms with Crippen LogP contribution in [0.3, 0.4) is 0 Å². The van der Waals surface area contributed by atoms with Crippen molar-refractivity contribution in [2.45, 2.75) is 31.3 Å². The predicted molar refractivity (Wildman–Crippen MR) is 104 cm³/mol. The third-order valence-electron chi connectivity index (χ3n) is 3.84. The first kappa shape index (κ1) is 17.5. The number of amides is 1. The Hall–Kier alpha value is -2.27. The number of rotatable bonds is 7. The van der Waals surface area contributed by atoms with Crippen molar-refractivity contribution < 1.29 is 4.79 Å². The minimum Gasteiger partial charge on any atom is -0.354 e. The van der Waals surface area contributed by atoms with Gasteiger partial charge in [0.15, 0.2) is 5.16 Å². The summed E-state index contributed by atoms with van der Waals surface area (Å²) in [5.41, 5.74) is 3.17. The standard InChI is InChI=1S/C20H23N3OS/c1-15(2)12-21-19(24)13-23-18-11-7-6-10-17(18)22-20(23)25-14-16-8-4-3-5-9-16/h3-11,15H,12-14H2,1-2H3,(H,21,24). The first-order chi connectivity index (χ1) is 12.1. The third-order valence-corrected chi connectivity index (χ3v) is 4.89. The molecule has 5 heteroatoms. The molecule has 0 fully saturated rings. The van der Waals surface area contributed by atoms with Gasteiger partial charge in [-0.1, -0.05) is 68.1 Å². The van der Waals surface area contributed by atoms with Crippen molar-refractivity contribution in [3.63, 3.8) is 0 Å². The molecule has 0 saturated carbocycles. The summed E-state index contributed by atoms with van der Waals surface area (Å²) < 4.78 is 2.01. The number of hydrogen-bond donors (Lipinski definition) is 1. The van der Waals surface area contributed by atoms with Gasteiger partial charge < -0.3 is 9.88 Å². The van der Waals surface area contributed by atoms with E-state index in [1.54, 1.807) is 11.8 Å². The number of fused-ring (bicyclic) bond motifs is 1. The summed E-state index contributed by atoms with van der Waals surface area (Å²) in [5, 5.41) is 3.87. The highest BCUT2D eigenvalue weighted by Gasteiger charge is 2.14. The van der Waals surface area contributed by atoms with Crippen LogP contribution in [0.2, 0.25) is 0 Å². The monoisotopic (exact) mass is 353 g/mol. The van der Waals surface area contributed by atoms with Crippen LogP contribution in [-0.4, -0.2) is 22.0 Å². The summed E-state index contributed by atoms with van der Waals surface area (Å²) in [4.78, 5) is 17.0. The summed E-state index contributed by atoms with van der Waals surface area (Å²) in [7, 11) is 0. The summed E-state index contributed by atoms with van der Waals surface area (Å²) >= 11 is 1.66. The van der Waals surface area contributed by atoms with Gasteiger partial charge in [0, 0.05) is 12.3 Å². The topological polar surface area (TPSA) is 46.9 Å². The highest BCUT2D eigenvalue weighted by Crippen LogP contribution is 2.26. The van der Waals surface area contributed by atoms with Crippen LogP contribution >= 0.6 is 11.8 Å². The molecular weight excluding hydrogens is 330 g/mol. The lowest BCUT2D eigenvalue weighted by atomic mass is 10.2. The molecule has 0 atom stereocenters. The molecule has 1 amide bonds. The van der Waals surface area contributed by atoms with E-state index in [0.717, 1.165) is 21.9 Å². The SMILES string of the molecule is CC(C)CNC(=O)Cn1c(SCc2ccccc2)nc2ccccc21. The largest absolute Gasteiger partial charge is 0.354 e. The molecule has 1 N–H and O–H groups in total. The number of aromatic nitrogens is 2. The molecule has 0 unspecified atom stereocenters. The molecule has 0 saturated heterocycles. The zero-order valence-electron chi connectivity index (χ0n) is 14.6. The summed E-state index contributed by atoms with van der Waals surface area (Å²) in [6.45, 7) is 5.17. The van der Waals surface area contributed by atoms with Crippen molar-refractivity contribution in [2.75, 3.05) is 6.54 Å². The maximum Gasteiger partial charge on any atom is 0.240 e. The minimum atomic E-state index is 0.0263. The Morgan fingerprint density at radius 2 is 1.84 bits per heavy atom. The molecule has 3 aromatic rings. The predicted octanol–water partition coefficient (Wildman–Crippen LogP) is 4.10. The number of para-hydroxylation sites is 2. The Balaban J connectivity index is 1.80. The van der Waals surface area contributed by atoms with Crippen molar-refractivity contribution >= 4 is 28.7 Å². The number of imidazole rings is 1. The molecule has 1 aromatic heterocycles. The average molecular weight is 353 g/mol. The van der Waals surface area contributed by atoms with Crippen LogP contribution in [0, 0.1) is 5.92 Å². The second kappa shape index (κ2) is 8.21. The number of carbonyl (C=O) groups is 1. The quantitative estimate of drug-likeness (QED) is 0.651. The van der Waals surface area contributed by atoms with Crippen LogP contribution < -0.4 is 5.32 Å². The molecule has 0 bridgehead atoms. The fourth-order valence-corrected chi connectivity index (χ4v) is 3.53. The maximum absolute atomic E-state index is 12.3. The van der Waals surface area contributed by atoms with E-state index in [0.29, 0.717) is 19.0 Å². The van der Waals surface area contributed by atoms with Crippen molar-refractivity contribution in [1.82, 2.24) is 14.9 Å². The van der Waals surface area contributed by atoms with Gasteiger partial charge in [-0.05, 0) is 23.6 Å². The lowest BCUT2D eigenvalue weighted by molar-refractivity contribution is -0.121. The van der Waals surface area contributed by atoms with Gasteiger partial charge in [0.25, 0.3) is 0 Å². The van der Waals surface area contributed by atoms with Crippen molar-refractivity contribution in [3.8, 4) is 0 Å². The van der Waals surface area contributed by atoms with E-state index in [-0.39, 0.29) is 5.91 Å². The zero-order valence-corrected chi connectivity index (χ0v) is 15.4. The van der Waals surface area contributed by atoms with Gasteiger partial charge in [0.05, 0.1) is 11.0 Å². The number of hydrogen-bond acceptors (Lipinski definition) is 3. The molecule has 25 heavy (non-hydrogen) atoms. The second-order valence-electron chi connectivity index (χ2n) is 6.44. The van der Waals surface area contributed by atoms with E-state index in [1.165, 1.54) is 5.56 Å². The third kappa shape index (κ3) is 4.63. The fraction of sp³-hybridized carbons (Fsp3) is 0.300. The van der Waals surface area contributed by atoms with Crippen LogP contribution in [0.5, 0.6) is 0 Å². The maximum atomic E-state index is 12.3. The molecule has 3 rings (SSSR count). The highest BCUT2D eigenvalue weighted by molar-refractivity contribution is 7.98. The van der Waals surface area contributed by atoms with Gasteiger partial charge in [0.2, 0.25) is 5.91 Å². The van der Waals surface area contributed by atoms with Crippen LogP contribution in [0.4, 0.5) is 0 Å². The number of nitrogens with one attached hydrogen (secondary N) is 1. The number of nitrogens with zero attached hydrogens (tertiary/aromatic N) is 2. The Morgan fingerprint density at radius 1 is 1.12 bits per heavy atom. The van der Waals surface area contributed by atoms with Crippen LogP contribution in [-0.2, 0) is 17.1 Å². The molecule has 0 radical (unpaired) electrons. The lowest BCUT2D eigenvalue weighted by Gasteiger charge is -2.11. The van der Waals surface area contributed by atoms with E-state index in [1.807, 2.05) is 47.0 Å². The first-order valence-electron chi connectivity index (χ1n) is 8.52. The van der Waals surface area contributed by atoms with Gasteiger partial charge in [-0.25, -0.2) is 4.98 Å². The van der Waals surface area contributed by atoms with Crippen molar-refractivity contribution in [2.24, 2.45) is 5.92 Å². The van der Waals surface area contributed by atoms with Crippen molar-refractivity contribution in [3.05, 3.63) is 60.2 Å². The molecule has 1 heterocycles. The number of benzene rings is 2. The van der Waals surface area contributed by atoms with Gasteiger partial charge in [-0.2, -0.15) is 0 Å². The summed E-state index contributed by atoms with van der Waals surface area (Å²) in [6.07, 6.45) is 0. The number of carbonyl (C=O) groups excluding carboxylic acids is 1. The van der Waals surface area contributed by atoms with E-state index in [4.69, 9.17) is 4.98 Å². The molecule has 0 aliphatic rings. The minimum absolute atomic E-state index is 0.0263. The Kier molecular flexibility index (Phi) is 5.76. The first-order valence-corrected chi connectivity index (χ1v) is 9.50. The molecule has 0 aliphatic carbocycles. The van der Waals surface area contributed by atoms with Crippen molar-refractivity contribution in [1.29, 1.82) is 0 Å². The second-order valence-corrected chi connectivity index (χ2v) is 7.38. The Labute approximate surface area is 152 Å². The Bertz CT molecular complexity index is 843. The molecule has 0 aliphatic heterocycles. The Morgan fingerprint density at radius 3 is 2.60 bits per heavy atom. The fourth-order valence-electron chi connectivity index (χ4n) is 2.56. The van der Waals surface area contributed by atoms with Crippen LogP contribution in [0.25, 0.3) is 11.0 Å². The zero-order chi connectivity index (χ0) is 17.6. The highest BCUT2D eigenvalue weighted by atomic mass is 32.2. The molecule has 0 spiro atoms. The van der Waals surface area contributed by atoms with Crippen LogP contribution in [0.15, 0.2) is 59.8 Å². The lowest BCUT2D eigenvalue weighted by Crippen LogP contribution is -2.30. The van der Waals surface area contributed by atoms with E-state index < -0.39 is 0 Å². The van der Waals surface area contributed by atoms with E-state index >= 15 is 0 Å². The number of thioether (sulfide) groups is 1. The van der Waals surface area contributed by atoms with Gasteiger partial charge >= 0.3 is 0 Å². The van der Waals surface area contributed by atoms with E-state index in [9.17, 15) is 4.79 Å². The van der Waals surface area contributed by atoms with Gasteiger partial charge in [0.1, 0.15) is 6.54 Å².